The van der Waals surface area contributed by atoms with E-state index < -0.39 is 5.97 Å². The molecule has 1 aliphatic rings. The molecule has 0 atom stereocenters. The summed E-state index contributed by atoms with van der Waals surface area (Å²) in [5.74, 6) is -1.08. The molecule has 0 aromatic heterocycles. The van der Waals surface area contributed by atoms with Crippen molar-refractivity contribution in [2.45, 2.75) is 26.7 Å². The van der Waals surface area contributed by atoms with Crippen molar-refractivity contribution in [3.8, 4) is 0 Å². The Labute approximate surface area is 85.8 Å². The lowest BCUT2D eigenvalue weighted by molar-refractivity contribution is -0.482. The Hall–Kier alpha value is -1.06. The zero-order valence-corrected chi connectivity index (χ0v) is 9.32. The Morgan fingerprint density at radius 1 is 1.64 bits per heavy atom. The Morgan fingerprint density at radius 2 is 2.21 bits per heavy atom. The van der Waals surface area contributed by atoms with E-state index in [4.69, 9.17) is 9.90 Å². The molecule has 82 valence electrons. The van der Waals surface area contributed by atoms with Crippen molar-refractivity contribution >= 4 is 12.3 Å². The van der Waals surface area contributed by atoms with Gasteiger partial charge in [-0.3, -0.25) is 9.48 Å². The van der Waals surface area contributed by atoms with Gasteiger partial charge in [-0.15, -0.1) is 0 Å². The molecule has 1 aliphatic heterocycles. The van der Waals surface area contributed by atoms with Gasteiger partial charge in [0.15, 0.2) is 0 Å². The third-order valence-electron chi connectivity index (χ3n) is 1.90. The van der Waals surface area contributed by atoms with Crippen LogP contribution in [0.25, 0.3) is 0 Å². The van der Waals surface area contributed by atoms with Crippen molar-refractivity contribution in [3.63, 3.8) is 0 Å². The van der Waals surface area contributed by atoms with Gasteiger partial charge in [-0.05, 0) is 13.3 Å². The maximum Gasteiger partial charge on any atom is 0.234 e. The molecular weight excluding hydrogens is 180 g/mol. The minimum atomic E-state index is -1.08. The second-order valence-corrected chi connectivity index (χ2v) is 3.48. The van der Waals surface area contributed by atoms with Crippen LogP contribution in [-0.4, -0.2) is 48.5 Å². The maximum absolute atomic E-state index is 8.89. The lowest BCUT2D eigenvalue weighted by atomic mass is 10.3. The van der Waals surface area contributed by atoms with E-state index >= 15 is 0 Å². The first-order valence-corrected chi connectivity index (χ1v) is 5.03. The first-order chi connectivity index (χ1) is 6.56. The van der Waals surface area contributed by atoms with E-state index in [-0.39, 0.29) is 0 Å². The molecule has 0 fully saturated rings. The molecule has 0 radical (unpaired) electrons. The van der Waals surface area contributed by atoms with Crippen LogP contribution in [0.4, 0.5) is 0 Å². The molecule has 0 spiro atoms. The van der Waals surface area contributed by atoms with Gasteiger partial charge < -0.3 is 9.90 Å². The largest absolute Gasteiger partial charge is 0.550 e. The van der Waals surface area contributed by atoms with Crippen LogP contribution in [-0.2, 0) is 4.79 Å². The van der Waals surface area contributed by atoms with Crippen LogP contribution in [0, 0.1) is 0 Å². The van der Waals surface area contributed by atoms with Crippen LogP contribution in [0.15, 0.2) is 0 Å². The van der Waals surface area contributed by atoms with Crippen LogP contribution in [0.3, 0.4) is 0 Å². The van der Waals surface area contributed by atoms with Gasteiger partial charge in [0.25, 0.3) is 0 Å². The van der Waals surface area contributed by atoms with E-state index in [9.17, 15) is 0 Å². The summed E-state index contributed by atoms with van der Waals surface area (Å²) in [7, 11) is 2.13. The minimum absolute atomic E-state index is 0.972. The van der Waals surface area contributed by atoms with Gasteiger partial charge in [-0.25, -0.2) is 0 Å². The second kappa shape index (κ2) is 7.35. The molecule has 0 aromatic carbocycles. The Bertz CT molecular complexity index is 198. The molecule has 1 rings (SSSR count). The summed E-state index contributed by atoms with van der Waals surface area (Å²) in [6, 6.07) is 0. The van der Waals surface area contributed by atoms with Crippen molar-refractivity contribution in [2.75, 3.05) is 26.7 Å². The molecule has 0 saturated heterocycles. The third-order valence-corrected chi connectivity index (χ3v) is 1.90. The second-order valence-electron chi connectivity index (χ2n) is 3.48. The van der Waals surface area contributed by atoms with E-state index in [0.717, 1.165) is 6.92 Å². The number of unbranched alkanes of at least 4 members (excludes halogenated alkanes) is 1. The highest BCUT2D eigenvalue weighted by Crippen LogP contribution is 1.95. The number of aliphatic carboxylic acids is 1. The lowest BCUT2D eigenvalue weighted by Crippen LogP contribution is -2.20. The number of carboxylic acid groups (broad SMARTS) is 1. The van der Waals surface area contributed by atoms with Gasteiger partial charge in [0.1, 0.15) is 13.1 Å². The number of hydrogen-bond acceptors (Lipinski definition) is 3. The Kier molecular flexibility index (Phi) is 6.80. The van der Waals surface area contributed by atoms with Gasteiger partial charge in [0, 0.05) is 5.97 Å². The van der Waals surface area contributed by atoms with Gasteiger partial charge >= 0.3 is 0 Å². The topological polar surface area (TPSA) is 46.4 Å². The smallest absolute Gasteiger partial charge is 0.234 e. The summed E-state index contributed by atoms with van der Waals surface area (Å²) in [5.41, 5.74) is 0. The van der Waals surface area contributed by atoms with Crippen molar-refractivity contribution in [1.82, 2.24) is 4.90 Å². The van der Waals surface area contributed by atoms with E-state index in [1.54, 1.807) is 0 Å². The fourth-order valence-electron chi connectivity index (χ4n) is 1.21. The molecule has 14 heavy (non-hydrogen) atoms. The lowest BCUT2D eigenvalue weighted by Gasteiger charge is -2.03. The molecule has 0 bridgehead atoms. The summed E-state index contributed by atoms with van der Waals surface area (Å²) >= 11 is 0. The molecule has 4 nitrogen and oxygen atoms in total. The summed E-state index contributed by atoms with van der Waals surface area (Å²) in [5, 5.41) is 8.89. The van der Waals surface area contributed by atoms with Crippen molar-refractivity contribution in [1.29, 1.82) is 0 Å². The molecule has 4 heteroatoms. The van der Waals surface area contributed by atoms with Crippen LogP contribution < -0.4 is 5.11 Å². The van der Waals surface area contributed by atoms with E-state index in [2.05, 4.69) is 29.8 Å². The number of carbonyl (C=O) groups is 1. The van der Waals surface area contributed by atoms with Crippen molar-refractivity contribution < 1.29 is 14.5 Å². The zero-order chi connectivity index (χ0) is 11.0. The molecule has 0 aliphatic carbocycles. The summed E-state index contributed by atoms with van der Waals surface area (Å²) in [6.45, 7) is 6.86. The highest BCUT2D eigenvalue weighted by Gasteiger charge is 2.14. The number of rotatable bonds is 3. The summed E-state index contributed by atoms with van der Waals surface area (Å²) in [4.78, 5) is 11.3. The number of carboxylic acids is 1. The van der Waals surface area contributed by atoms with Crippen LogP contribution in [0.2, 0.25) is 0 Å². The first kappa shape index (κ1) is 12.9. The molecular formula is C10H20N2O2. The number of carbonyl (C=O) groups excluding carboxylic acids is 1. The fourth-order valence-corrected chi connectivity index (χ4v) is 1.21. The first-order valence-electron chi connectivity index (χ1n) is 5.03. The van der Waals surface area contributed by atoms with Crippen LogP contribution in [0.1, 0.15) is 26.7 Å². The Morgan fingerprint density at radius 3 is 2.57 bits per heavy atom. The SMILES string of the molecule is CC(=O)[O-].CCCCN1C=[N+](C)CC1. The van der Waals surface area contributed by atoms with Crippen molar-refractivity contribution in [2.24, 2.45) is 0 Å². The Balaban J connectivity index is 0.000000364. The standard InChI is InChI=1S/C8H17N2.C2H4O2/c1-3-4-5-10-7-6-9(2)8-10;1-2(3)4/h8H,3-7H2,1-2H3;1H3,(H,3,4)/q+1;/p-1. The quantitative estimate of drug-likeness (QED) is 0.579. The number of hydrogen-bond donors (Lipinski definition) is 0. The predicted octanol–water partition coefficient (Wildman–Crippen LogP) is -0.471. The average molecular weight is 200 g/mol. The van der Waals surface area contributed by atoms with E-state index in [1.165, 1.54) is 32.5 Å². The monoisotopic (exact) mass is 200 g/mol. The number of likely N-dealkylation sites (N-methyl/N-ethyl adjacent to an activating group) is 1. The van der Waals surface area contributed by atoms with Crippen LogP contribution in [0.5, 0.6) is 0 Å². The molecule has 0 unspecified atom stereocenters. The van der Waals surface area contributed by atoms with Gasteiger partial charge in [-0.2, -0.15) is 0 Å². The maximum atomic E-state index is 8.89. The number of nitrogens with zero attached hydrogens (tertiary/aromatic N) is 2. The molecule has 0 saturated carbocycles. The highest BCUT2D eigenvalue weighted by atomic mass is 16.4. The third kappa shape index (κ3) is 7.58. The van der Waals surface area contributed by atoms with Gasteiger partial charge in [-0.1, -0.05) is 13.3 Å². The van der Waals surface area contributed by atoms with E-state index in [1.807, 2.05) is 0 Å². The summed E-state index contributed by atoms with van der Waals surface area (Å²) in [6.07, 6.45) is 4.84. The molecule has 0 amide bonds. The normalized spacial score (nSPS) is 14.5. The van der Waals surface area contributed by atoms with Crippen molar-refractivity contribution in [3.05, 3.63) is 0 Å². The van der Waals surface area contributed by atoms with Gasteiger partial charge in [0.05, 0.1) is 13.6 Å². The minimum Gasteiger partial charge on any atom is -0.550 e. The van der Waals surface area contributed by atoms with Gasteiger partial charge in [0.2, 0.25) is 6.34 Å². The predicted molar refractivity (Wildman–Crippen MR) is 54.3 cm³/mol. The molecule has 0 N–H and O–H groups in total. The fraction of sp³-hybridized carbons (Fsp3) is 0.800. The molecule has 0 aromatic rings. The summed E-state index contributed by atoms with van der Waals surface area (Å²) < 4.78 is 2.25. The average Bonchev–Trinajstić information content (AvgIpc) is 2.47. The highest BCUT2D eigenvalue weighted by molar-refractivity contribution is 5.60. The molecule has 1 heterocycles. The van der Waals surface area contributed by atoms with Crippen LogP contribution >= 0.6 is 0 Å². The van der Waals surface area contributed by atoms with E-state index in [0.29, 0.717) is 0 Å². The zero-order valence-electron chi connectivity index (χ0n) is 9.32.